The van der Waals surface area contributed by atoms with Crippen molar-refractivity contribution in [2.45, 2.75) is 33.3 Å². The number of benzene rings is 2. The highest BCUT2D eigenvalue weighted by molar-refractivity contribution is 6.45. The smallest absolute Gasteiger partial charge is 0.273 e. The number of carbonyl (C=O) groups excluding carboxylic acids is 1. The summed E-state index contributed by atoms with van der Waals surface area (Å²) < 4.78 is 27.1. The third kappa shape index (κ3) is 5.62. The molecule has 30 heavy (non-hydrogen) atoms. The van der Waals surface area contributed by atoms with Gasteiger partial charge in [0.2, 0.25) is 0 Å². The van der Waals surface area contributed by atoms with Crippen LogP contribution in [0.5, 0.6) is 0 Å². The van der Waals surface area contributed by atoms with Gasteiger partial charge in [0.15, 0.2) is 5.71 Å². The van der Waals surface area contributed by atoms with Crippen LogP contribution < -0.4 is 5.32 Å². The van der Waals surface area contributed by atoms with E-state index in [1.807, 2.05) is 13.0 Å². The van der Waals surface area contributed by atoms with Crippen LogP contribution in [0.25, 0.3) is 0 Å². The van der Waals surface area contributed by atoms with Gasteiger partial charge in [0.1, 0.15) is 13.7 Å². The molecule has 2 aromatic rings. The van der Waals surface area contributed by atoms with Crippen LogP contribution in [0.2, 0.25) is 0 Å². The molecule has 0 saturated carbocycles. The Morgan fingerprint density at radius 3 is 2.50 bits per heavy atom. The predicted molar refractivity (Wildman–Crippen MR) is 112 cm³/mol. The van der Waals surface area contributed by atoms with E-state index in [-0.39, 0.29) is 17.9 Å². The van der Waals surface area contributed by atoms with Crippen molar-refractivity contribution in [3.8, 4) is 0 Å². The van der Waals surface area contributed by atoms with E-state index < -0.39 is 11.8 Å². The molecule has 0 aromatic heterocycles. The highest BCUT2D eigenvalue weighted by atomic mass is 19.3. The molecule has 0 saturated heterocycles. The second kappa shape index (κ2) is 9.96. The molecule has 0 aliphatic carbocycles. The molecule has 1 N–H and O–H groups in total. The first-order valence-corrected chi connectivity index (χ1v) is 9.26. The van der Waals surface area contributed by atoms with Crippen molar-refractivity contribution in [1.82, 2.24) is 5.32 Å². The molecule has 0 spiro atoms. The Labute approximate surface area is 174 Å². The van der Waals surface area contributed by atoms with Crippen molar-refractivity contribution < 1.29 is 23.3 Å². The molecule has 6 nitrogen and oxygen atoms in total. The fourth-order valence-electron chi connectivity index (χ4n) is 2.80. The number of likely N-dealkylation sites (N-methyl/N-ethyl adjacent to an activating group) is 1. The monoisotopic (exact) mass is 417 g/mol. The molecule has 0 bridgehead atoms. The van der Waals surface area contributed by atoms with Crippen LogP contribution in [0.1, 0.15) is 41.7 Å². The zero-order chi connectivity index (χ0) is 22.3. The van der Waals surface area contributed by atoms with Crippen LogP contribution in [-0.2, 0) is 27.0 Å². The first kappa shape index (κ1) is 23.0. The fraction of sp³-hybridized carbons (Fsp3) is 0.318. The highest BCUT2D eigenvalue weighted by Gasteiger charge is 2.24. The highest BCUT2D eigenvalue weighted by Crippen LogP contribution is 2.27. The second-order valence-electron chi connectivity index (χ2n) is 6.72. The molecule has 0 aliphatic rings. The molecule has 0 atom stereocenters. The molecule has 0 fully saturated rings. The summed E-state index contributed by atoms with van der Waals surface area (Å²) in [5.41, 5.74) is 3.14. The van der Waals surface area contributed by atoms with Gasteiger partial charge in [0, 0.05) is 30.7 Å². The van der Waals surface area contributed by atoms with Crippen LogP contribution in [-0.4, -0.2) is 31.5 Å². The van der Waals surface area contributed by atoms with E-state index in [1.165, 1.54) is 26.3 Å². The van der Waals surface area contributed by atoms with Crippen molar-refractivity contribution >= 4 is 17.3 Å². The number of alkyl halides is 2. The Bertz CT molecular complexity index is 966. The average molecular weight is 417 g/mol. The van der Waals surface area contributed by atoms with Gasteiger partial charge in [-0.15, -0.1) is 0 Å². The molecule has 160 valence electrons. The van der Waals surface area contributed by atoms with E-state index in [2.05, 4.69) is 15.6 Å². The van der Waals surface area contributed by atoms with Crippen molar-refractivity contribution in [1.29, 1.82) is 0 Å². The lowest BCUT2D eigenvalue weighted by Crippen LogP contribution is -2.29. The zero-order valence-corrected chi connectivity index (χ0v) is 17.6. The van der Waals surface area contributed by atoms with E-state index in [9.17, 15) is 13.6 Å². The van der Waals surface area contributed by atoms with Crippen molar-refractivity contribution in [3.05, 3.63) is 70.3 Å². The number of halogens is 2. The van der Waals surface area contributed by atoms with E-state index in [4.69, 9.17) is 9.68 Å². The third-order valence-corrected chi connectivity index (χ3v) is 4.49. The summed E-state index contributed by atoms with van der Waals surface area (Å²) in [5.74, 6) is -3.34. The molecule has 0 aliphatic heterocycles. The Morgan fingerprint density at radius 1 is 1.17 bits per heavy atom. The maximum atomic E-state index is 13.6. The summed E-state index contributed by atoms with van der Waals surface area (Å²) in [6, 6.07) is 11.4. The first-order valence-electron chi connectivity index (χ1n) is 9.26. The number of oxime groups is 2. The van der Waals surface area contributed by atoms with Crippen LogP contribution >= 0.6 is 0 Å². The SMILES string of the molecule is CNC(=O)/C(=N/OC)c1cccc(C)c1CO/N=C(\C)c1cccc(C(C)(F)F)c1. The summed E-state index contributed by atoms with van der Waals surface area (Å²) in [7, 11) is 2.86. The van der Waals surface area contributed by atoms with E-state index in [1.54, 1.807) is 31.2 Å². The Kier molecular flexibility index (Phi) is 7.63. The molecular formula is C22H25F2N3O3. The van der Waals surface area contributed by atoms with Gasteiger partial charge >= 0.3 is 0 Å². The van der Waals surface area contributed by atoms with Crippen LogP contribution in [0, 0.1) is 6.92 Å². The Hall–Kier alpha value is -3.29. The van der Waals surface area contributed by atoms with E-state index >= 15 is 0 Å². The normalized spacial score (nSPS) is 12.5. The fourth-order valence-corrected chi connectivity index (χ4v) is 2.80. The Morgan fingerprint density at radius 2 is 1.87 bits per heavy atom. The van der Waals surface area contributed by atoms with Crippen LogP contribution in [0.4, 0.5) is 8.78 Å². The van der Waals surface area contributed by atoms with Gasteiger partial charge in [-0.2, -0.15) is 0 Å². The standard InChI is InChI=1S/C22H25F2N3O3/c1-14-8-6-11-18(20(27-29-5)21(28)25-4)19(14)13-30-26-15(2)16-9-7-10-17(12-16)22(3,23)24/h6-12H,13H2,1-5H3,(H,25,28)/b26-15+,27-20+. The maximum absolute atomic E-state index is 13.6. The minimum absolute atomic E-state index is 0.0582. The lowest BCUT2D eigenvalue weighted by molar-refractivity contribution is -0.114. The molecule has 2 rings (SSSR count). The van der Waals surface area contributed by atoms with E-state index in [0.717, 1.165) is 12.5 Å². The number of aryl methyl sites for hydroxylation is 1. The minimum atomic E-state index is -2.94. The zero-order valence-electron chi connectivity index (χ0n) is 17.6. The number of carbonyl (C=O) groups is 1. The number of hydrogen-bond acceptors (Lipinski definition) is 5. The number of hydrogen-bond donors (Lipinski definition) is 1. The molecule has 2 aromatic carbocycles. The summed E-state index contributed by atoms with van der Waals surface area (Å²) >= 11 is 0. The van der Waals surface area contributed by atoms with Gasteiger partial charge in [-0.05, 0) is 31.0 Å². The first-order chi connectivity index (χ1) is 14.2. The summed E-state index contributed by atoms with van der Waals surface area (Å²) in [4.78, 5) is 22.5. The molecule has 1 amide bonds. The number of amides is 1. The van der Waals surface area contributed by atoms with Crippen LogP contribution in [0.15, 0.2) is 52.8 Å². The Balaban J connectivity index is 2.28. The van der Waals surface area contributed by atoms with Crippen molar-refractivity contribution in [3.63, 3.8) is 0 Å². The van der Waals surface area contributed by atoms with Gasteiger partial charge in [-0.25, -0.2) is 8.78 Å². The molecule has 0 unspecified atom stereocenters. The molecule has 0 radical (unpaired) electrons. The third-order valence-electron chi connectivity index (χ3n) is 4.49. The van der Waals surface area contributed by atoms with Gasteiger partial charge in [-0.3, -0.25) is 4.79 Å². The summed E-state index contributed by atoms with van der Waals surface area (Å²) in [6.07, 6.45) is 0. The number of rotatable bonds is 8. The number of nitrogens with one attached hydrogen (secondary N) is 1. The average Bonchev–Trinajstić information content (AvgIpc) is 2.72. The van der Waals surface area contributed by atoms with Gasteiger partial charge in [-0.1, -0.05) is 46.7 Å². The second-order valence-corrected chi connectivity index (χ2v) is 6.72. The van der Waals surface area contributed by atoms with Gasteiger partial charge in [0.25, 0.3) is 11.8 Å². The molecule has 8 heteroatoms. The molecular weight excluding hydrogens is 392 g/mol. The van der Waals surface area contributed by atoms with E-state index in [0.29, 0.717) is 22.4 Å². The topological polar surface area (TPSA) is 72.3 Å². The minimum Gasteiger partial charge on any atom is -0.398 e. The maximum Gasteiger partial charge on any atom is 0.273 e. The molecule has 0 heterocycles. The van der Waals surface area contributed by atoms with Gasteiger partial charge < -0.3 is 15.0 Å². The van der Waals surface area contributed by atoms with Crippen molar-refractivity contribution in [2.24, 2.45) is 10.3 Å². The lowest BCUT2D eigenvalue weighted by atomic mass is 9.98. The summed E-state index contributed by atoms with van der Waals surface area (Å²) in [6.45, 7) is 4.46. The van der Waals surface area contributed by atoms with Crippen LogP contribution in [0.3, 0.4) is 0 Å². The van der Waals surface area contributed by atoms with Gasteiger partial charge in [0.05, 0.1) is 5.71 Å². The number of nitrogens with zero attached hydrogens (tertiary/aromatic N) is 2. The summed E-state index contributed by atoms with van der Waals surface area (Å²) in [5, 5.41) is 10.4. The quantitative estimate of drug-likeness (QED) is 0.518. The van der Waals surface area contributed by atoms with Crippen molar-refractivity contribution in [2.75, 3.05) is 14.2 Å². The lowest BCUT2D eigenvalue weighted by Gasteiger charge is -2.13. The predicted octanol–water partition coefficient (Wildman–Crippen LogP) is 4.14. The largest absolute Gasteiger partial charge is 0.398 e.